The number of rotatable bonds is 5. The number of aryl methyl sites for hydroxylation is 1. The fraction of sp³-hybridized carbons (Fsp3) is 0.280. The molecule has 5 heteroatoms. The second-order valence-corrected chi connectivity index (χ2v) is 8.31. The summed E-state index contributed by atoms with van der Waals surface area (Å²) in [7, 11) is 0. The van der Waals surface area contributed by atoms with Crippen molar-refractivity contribution in [1.82, 2.24) is 4.98 Å². The van der Waals surface area contributed by atoms with Crippen LogP contribution < -0.4 is 10.6 Å². The van der Waals surface area contributed by atoms with E-state index in [0.29, 0.717) is 31.0 Å². The van der Waals surface area contributed by atoms with Crippen LogP contribution in [0.25, 0.3) is 0 Å². The van der Waals surface area contributed by atoms with Crippen molar-refractivity contribution < 1.29 is 4.74 Å². The number of nitrogens with one attached hydrogen (secondary N) is 2. The summed E-state index contributed by atoms with van der Waals surface area (Å²) < 4.78 is 6.05. The van der Waals surface area contributed by atoms with Gasteiger partial charge in [-0.15, -0.1) is 0 Å². The number of benzene rings is 2. The molecular formula is C25H26N4O. The summed E-state index contributed by atoms with van der Waals surface area (Å²) >= 11 is 0. The number of hydrogen-bond donors (Lipinski definition) is 2. The van der Waals surface area contributed by atoms with Crippen molar-refractivity contribution in [1.29, 1.82) is 5.26 Å². The summed E-state index contributed by atoms with van der Waals surface area (Å²) in [6, 6.07) is 20.7. The van der Waals surface area contributed by atoms with E-state index < -0.39 is 0 Å². The fourth-order valence-electron chi connectivity index (χ4n) is 3.68. The lowest BCUT2D eigenvalue weighted by Crippen LogP contribution is -2.33. The van der Waals surface area contributed by atoms with Crippen molar-refractivity contribution in [3.8, 4) is 6.07 Å². The minimum absolute atomic E-state index is 0.322. The summed E-state index contributed by atoms with van der Waals surface area (Å²) in [6.07, 6.45) is 0.663. The Morgan fingerprint density at radius 2 is 1.77 bits per heavy atom. The van der Waals surface area contributed by atoms with Crippen LogP contribution in [0.1, 0.15) is 41.7 Å². The molecule has 0 atom stereocenters. The van der Waals surface area contributed by atoms with Gasteiger partial charge in [0, 0.05) is 24.2 Å². The number of aromatic nitrogens is 1. The molecule has 0 spiro atoms. The van der Waals surface area contributed by atoms with Crippen molar-refractivity contribution in [2.45, 2.75) is 45.9 Å². The van der Waals surface area contributed by atoms with Gasteiger partial charge in [0.25, 0.3) is 0 Å². The van der Waals surface area contributed by atoms with Gasteiger partial charge in [0.1, 0.15) is 11.9 Å². The molecule has 30 heavy (non-hydrogen) atoms. The van der Waals surface area contributed by atoms with E-state index >= 15 is 0 Å². The Kier molecular flexibility index (Phi) is 5.43. The molecule has 1 aliphatic rings. The maximum Gasteiger partial charge on any atom is 0.151 e. The molecule has 3 aromatic rings. The highest BCUT2D eigenvalue weighted by Crippen LogP contribution is 2.37. The maximum atomic E-state index is 9.97. The number of anilines is 3. The zero-order valence-electron chi connectivity index (χ0n) is 17.6. The highest BCUT2D eigenvalue weighted by molar-refractivity contribution is 5.70. The molecule has 5 nitrogen and oxygen atoms in total. The molecule has 0 aliphatic carbocycles. The number of nitrogens with zero attached hydrogens (tertiary/aromatic N) is 2. The van der Waals surface area contributed by atoms with Crippen LogP contribution in [0.4, 0.5) is 17.3 Å². The monoisotopic (exact) mass is 398 g/mol. The highest BCUT2D eigenvalue weighted by Gasteiger charge is 2.32. The molecule has 2 heterocycles. The molecule has 0 bridgehead atoms. The van der Waals surface area contributed by atoms with Gasteiger partial charge in [-0.25, -0.2) is 4.98 Å². The van der Waals surface area contributed by atoms with Crippen molar-refractivity contribution in [3.05, 3.63) is 82.4 Å². The predicted molar refractivity (Wildman–Crippen MR) is 120 cm³/mol. The molecule has 0 fully saturated rings. The van der Waals surface area contributed by atoms with Crippen LogP contribution in [0.2, 0.25) is 0 Å². The van der Waals surface area contributed by atoms with Gasteiger partial charge in [-0.3, -0.25) is 0 Å². The van der Waals surface area contributed by atoms with Gasteiger partial charge in [-0.1, -0.05) is 48.0 Å². The first-order chi connectivity index (χ1) is 14.4. The van der Waals surface area contributed by atoms with Crippen LogP contribution in [0.15, 0.2) is 54.6 Å². The Hall–Kier alpha value is -3.36. The van der Waals surface area contributed by atoms with E-state index in [-0.39, 0.29) is 5.60 Å². The molecule has 0 unspecified atom stereocenters. The summed E-state index contributed by atoms with van der Waals surface area (Å²) in [6.45, 7) is 7.25. The fourth-order valence-corrected chi connectivity index (χ4v) is 3.68. The molecule has 0 saturated heterocycles. The highest BCUT2D eigenvalue weighted by atomic mass is 16.5. The lowest BCUT2D eigenvalue weighted by Gasteiger charge is -2.33. The van der Waals surface area contributed by atoms with Crippen molar-refractivity contribution in [2.75, 3.05) is 10.6 Å². The number of nitriles is 1. The predicted octanol–water partition coefficient (Wildman–Crippen LogP) is 5.47. The Balaban J connectivity index is 1.74. The Morgan fingerprint density at radius 1 is 1.03 bits per heavy atom. The largest absolute Gasteiger partial charge is 0.370 e. The lowest BCUT2D eigenvalue weighted by molar-refractivity contribution is -0.0399. The average Bonchev–Trinajstić information content (AvgIpc) is 2.73. The number of ether oxygens (including phenoxy) is 1. The molecule has 0 radical (unpaired) electrons. The summed E-state index contributed by atoms with van der Waals surface area (Å²) in [5.74, 6) is 1.34. The van der Waals surface area contributed by atoms with E-state index in [2.05, 4.69) is 49.6 Å². The van der Waals surface area contributed by atoms with Gasteiger partial charge < -0.3 is 15.4 Å². The van der Waals surface area contributed by atoms with E-state index in [1.54, 1.807) is 0 Å². The van der Waals surface area contributed by atoms with E-state index in [1.165, 1.54) is 11.1 Å². The van der Waals surface area contributed by atoms with Crippen LogP contribution in [0.5, 0.6) is 0 Å². The third kappa shape index (κ3) is 4.29. The molecule has 2 aromatic carbocycles. The Bertz CT molecular complexity index is 1080. The number of hydrogen-bond acceptors (Lipinski definition) is 5. The van der Waals surface area contributed by atoms with Crippen LogP contribution >= 0.6 is 0 Å². The topological polar surface area (TPSA) is 70.0 Å². The first kappa shape index (κ1) is 19.9. The second-order valence-electron chi connectivity index (χ2n) is 8.31. The summed E-state index contributed by atoms with van der Waals surface area (Å²) in [4.78, 5) is 4.81. The molecule has 4 rings (SSSR count). The normalized spacial score (nSPS) is 14.5. The van der Waals surface area contributed by atoms with Gasteiger partial charge in [0.2, 0.25) is 0 Å². The molecule has 1 aromatic heterocycles. The minimum atomic E-state index is -0.322. The van der Waals surface area contributed by atoms with E-state index in [1.807, 2.05) is 42.5 Å². The van der Waals surface area contributed by atoms with E-state index in [0.717, 1.165) is 22.6 Å². The van der Waals surface area contributed by atoms with Gasteiger partial charge >= 0.3 is 0 Å². The van der Waals surface area contributed by atoms with Crippen LogP contribution in [0.3, 0.4) is 0 Å². The molecule has 1 aliphatic heterocycles. The quantitative estimate of drug-likeness (QED) is 0.596. The number of pyridine rings is 1. The summed E-state index contributed by atoms with van der Waals surface area (Å²) in [5, 5.41) is 16.8. The third-order valence-electron chi connectivity index (χ3n) is 5.35. The third-order valence-corrected chi connectivity index (χ3v) is 5.35. The maximum absolute atomic E-state index is 9.97. The standard InChI is InChI=1S/C25H26N4O/c1-17-9-11-19(12-10-17)28-24-21(14-26)20-13-25(2,3)30-16-22(20)23(29-24)27-15-18-7-5-4-6-8-18/h4-12H,13,15-16H2,1-3H3,(H2,27,28,29). The Morgan fingerprint density at radius 3 is 2.47 bits per heavy atom. The number of fused-ring (bicyclic) bond motifs is 1. The van der Waals surface area contributed by atoms with Crippen molar-refractivity contribution in [3.63, 3.8) is 0 Å². The molecule has 152 valence electrons. The van der Waals surface area contributed by atoms with E-state index in [9.17, 15) is 5.26 Å². The first-order valence-corrected chi connectivity index (χ1v) is 10.2. The first-order valence-electron chi connectivity index (χ1n) is 10.2. The second kappa shape index (κ2) is 8.17. The van der Waals surface area contributed by atoms with Crippen LogP contribution in [-0.2, 0) is 24.3 Å². The zero-order chi connectivity index (χ0) is 21.1. The molecule has 0 saturated carbocycles. The van der Waals surface area contributed by atoms with Crippen LogP contribution in [0, 0.1) is 18.3 Å². The van der Waals surface area contributed by atoms with E-state index in [4.69, 9.17) is 9.72 Å². The van der Waals surface area contributed by atoms with Gasteiger partial charge in [0.05, 0.1) is 17.8 Å². The average molecular weight is 399 g/mol. The summed E-state index contributed by atoms with van der Waals surface area (Å²) in [5.41, 5.74) is 5.51. The SMILES string of the molecule is Cc1ccc(Nc2nc(NCc3ccccc3)c3c(c2C#N)CC(C)(C)OC3)cc1. The van der Waals surface area contributed by atoms with Gasteiger partial charge in [-0.05, 0) is 44.0 Å². The van der Waals surface area contributed by atoms with Crippen molar-refractivity contribution >= 4 is 17.3 Å². The van der Waals surface area contributed by atoms with Crippen molar-refractivity contribution in [2.24, 2.45) is 0 Å². The molecular weight excluding hydrogens is 372 g/mol. The smallest absolute Gasteiger partial charge is 0.151 e. The zero-order valence-corrected chi connectivity index (χ0v) is 17.6. The molecule has 2 N–H and O–H groups in total. The Labute approximate surface area is 177 Å². The van der Waals surface area contributed by atoms with Gasteiger partial charge in [-0.2, -0.15) is 5.26 Å². The van der Waals surface area contributed by atoms with Gasteiger partial charge in [0.15, 0.2) is 5.82 Å². The lowest BCUT2D eigenvalue weighted by atomic mass is 9.89. The van der Waals surface area contributed by atoms with Crippen LogP contribution in [-0.4, -0.2) is 10.6 Å². The minimum Gasteiger partial charge on any atom is -0.370 e. The molecule has 0 amide bonds.